The Hall–Kier alpha value is -3.08. The third-order valence-corrected chi connectivity index (χ3v) is 3.84. The minimum absolute atomic E-state index is 0.143. The van der Waals surface area contributed by atoms with Crippen LogP contribution in [0.1, 0.15) is 17.3 Å². The second-order valence-electron chi connectivity index (χ2n) is 5.99. The number of carbonyl (C=O) groups excluding carboxylic acids is 2. The zero-order valence-electron chi connectivity index (χ0n) is 15.8. The van der Waals surface area contributed by atoms with Gasteiger partial charge in [-0.3, -0.25) is 4.79 Å². The Kier molecular flexibility index (Phi) is 7.32. The van der Waals surface area contributed by atoms with Gasteiger partial charge in [-0.15, -0.1) is 8.78 Å². The lowest BCUT2D eigenvalue weighted by atomic mass is 10.1. The van der Waals surface area contributed by atoms with E-state index in [-0.39, 0.29) is 11.3 Å². The van der Waals surface area contributed by atoms with E-state index >= 15 is 0 Å². The number of esters is 1. The zero-order valence-corrected chi connectivity index (χ0v) is 16.6. The smallest absolute Gasteiger partial charge is 0.463 e. The predicted octanol–water partition coefficient (Wildman–Crippen LogP) is 4.52. The molecule has 2 rings (SSSR count). The van der Waals surface area contributed by atoms with Crippen LogP contribution in [0.25, 0.3) is 0 Å². The summed E-state index contributed by atoms with van der Waals surface area (Å²) in [6, 6.07) is 10.5. The SMILES string of the molecule is CCOC(=O)C(NC(=O)c1ccccc1)(Nc1ccc(OC(F)(F)Cl)cc1)C(F)(F)F. The number of hydrogen-bond acceptors (Lipinski definition) is 5. The van der Waals surface area contributed by atoms with Crippen molar-refractivity contribution in [2.45, 2.75) is 24.3 Å². The topological polar surface area (TPSA) is 76.7 Å². The number of benzene rings is 2. The molecule has 0 aromatic heterocycles. The molecule has 0 heterocycles. The Morgan fingerprint density at radius 2 is 1.55 bits per heavy atom. The van der Waals surface area contributed by atoms with E-state index in [0.29, 0.717) is 0 Å². The highest BCUT2D eigenvalue weighted by molar-refractivity contribution is 6.20. The van der Waals surface area contributed by atoms with Gasteiger partial charge in [0.05, 0.1) is 6.61 Å². The van der Waals surface area contributed by atoms with Gasteiger partial charge in [0.15, 0.2) is 0 Å². The van der Waals surface area contributed by atoms with Crippen molar-refractivity contribution in [3.63, 3.8) is 0 Å². The second-order valence-corrected chi connectivity index (χ2v) is 6.43. The van der Waals surface area contributed by atoms with Crippen LogP contribution in [0.2, 0.25) is 0 Å². The summed E-state index contributed by atoms with van der Waals surface area (Å²) in [6.45, 7) is 0.883. The lowest BCUT2D eigenvalue weighted by molar-refractivity contribution is -0.204. The van der Waals surface area contributed by atoms with Crippen LogP contribution in [0, 0.1) is 0 Å². The molecule has 1 atom stereocenters. The van der Waals surface area contributed by atoms with Crippen molar-refractivity contribution in [1.29, 1.82) is 0 Å². The van der Waals surface area contributed by atoms with E-state index in [2.05, 4.69) is 21.1 Å². The molecule has 0 spiro atoms. The molecule has 2 N–H and O–H groups in total. The van der Waals surface area contributed by atoms with Crippen LogP contribution in [-0.4, -0.2) is 35.9 Å². The maximum absolute atomic E-state index is 14.1. The Labute approximate surface area is 178 Å². The van der Waals surface area contributed by atoms with Crippen molar-refractivity contribution in [2.24, 2.45) is 0 Å². The Morgan fingerprint density at radius 1 is 0.968 bits per heavy atom. The van der Waals surface area contributed by atoms with Gasteiger partial charge in [0.25, 0.3) is 5.91 Å². The number of ether oxygens (including phenoxy) is 2. The van der Waals surface area contributed by atoms with E-state index in [1.807, 2.05) is 5.32 Å². The van der Waals surface area contributed by atoms with Crippen LogP contribution in [-0.2, 0) is 9.53 Å². The Bertz CT molecular complexity index is 904. The quantitative estimate of drug-likeness (QED) is 0.259. The van der Waals surface area contributed by atoms with Gasteiger partial charge in [-0.2, -0.15) is 13.2 Å². The molecule has 2 aromatic carbocycles. The number of nitrogens with one attached hydrogen (secondary N) is 2. The van der Waals surface area contributed by atoms with E-state index in [1.165, 1.54) is 31.2 Å². The van der Waals surface area contributed by atoms with E-state index in [4.69, 9.17) is 0 Å². The molecule has 6 nitrogen and oxygen atoms in total. The number of anilines is 1. The number of hydrogen-bond donors (Lipinski definition) is 2. The normalized spacial score (nSPS) is 13.6. The van der Waals surface area contributed by atoms with Crippen molar-refractivity contribution < 1.29 is 41.0 Å². The summed E-state index contributed by atoms with van der Waals surface area (Å²) >= 11 is 4.64. The van der Waals surface area contributed by atoms with Crippen molar-refractivity contribution in [3.05, 3.63) is 60.2 Å². The summed E-state index contributed by atoms with van der Waals surface area (Å²) in [7, 11) is 0. The van der Waals surface area contributed by atoms with Gasteiger partial charge < -0.3 is 20.1 Å². The van der Waals surface area contributed by atoms with Crippen molar-refractivity contribution in [3.8, 4) is 5.75 Å². The molecule has 1 unspecified atom stereocenters. The summed E-state index contributed by atoms with van der Waals surface area (Å²) in [5.74, 6) is -3.48. The fourth-order valence-electron chi connectivity index (χ4n) is 2.42. The molecule has 0 radical (unpaired) electrons. The van der Waals surface area contributed by atoms with Crippen molar-refractivity contribution in [1.82, 2.24) is 5.32 Å². The standard InChI is InChI=1S/C19H16ClF5N2O4/c1-2-30-16(29)17(18(21,22)23,27-15(28)12-6-4-3-5-7-12)26-13-8-10-14(11-9-13)31-19(20,24)25/h3-11,26H,2H2,1H3,(H,27,28). The maximum atomic E-state index is 14.1. The summed E-state index contributed by atoms with van der Waals surface area (Å²) in [4.78, 5) is 24.8. The van der Waals surface area contributed by atoms with Gasteiger partial charge in [0.2, 0.25) is 0 Å². The highest BCUT2D eigenvalue weighted by Crippen LogP contribution is 2.34. The monoisotopic (exact) mass is 466 g/mol. The largest absolute Gasteiger partial charge is 0.487 e. The summed E-state index contributed by atoms with van der Waals surface area (Å²) in [5, 5.41) is 3.55. The average Bonchev–Trinajstić information content (AvgIpc) is 2.67. The molecule has 0 aliphatic heterocycles. The molecular formula is C19H16ClF5N2O4. The molecule has 0 aliphatic rings. The molecule has 2 aromatic rings. The van der Waals surface area contributed by atoms with E-state index in [9.17, 15) is 31.5 Å². The molecule has 0 saturated carbocycles. The first-order valence-corrected chi connectivity index (χ1v) is 9.01. The zero-order chi connectivity index (χ0) is 23.3. The molecule has 12 heteroatoms. The number of halogens is 6. The van der Waals surface area contributed by atoms with E-state index < -0.39 is 41.6 Å². The lowest BCUT2D eigenvalue weighted by Crippen LogP contribution is -2.69. The van der Waals surface area contributed by atoms with E-state index in [1.54, 1.807) is 11.4 Å². The summed E-state index contributed by atoms with van der Waals surface area (Å²) in [6.07, 6.45) is -5.36. The first-order valence-electron chi connectivity index (χ1n) is 8.63. The van der Waals surface area contributed by atoms with Gasteiger partial charge in [0, 0.05) is 22.9 Å². The molecule has 0 saturated heterocycles. The number of rotatable bonds is 8. The highest BCUT2D eigenvalue weighted by Gasteiger charge is 2.63. The van der Waals surface area contributed by atoms with Crippen molar-refractivity contribution >= 4 is 29.2 Å². The van der Waals surface area contributed by atoms with Crippen LogP contribution >= 0.6 is 11.6 Å². The van der Waals surface area contributed by atoms with Gasteiger partial charge in [-0.05, 0) is 43.3 Å². The lowest BCUT2D eigenvalue weighted by Gasteiger charge is -2.35. The molecule has 0 aliphatic carbocycles. The fourth-order valence-corrected chi connectivity index (χ4v) is 2.51. The minimum Gasteiger partial charge on any atom is -0.463 e. The Morgan fingerprint density at radius 3 is 2.03 bits per heavy atom. The average molecular weight is 467 g/mol. The first-order chi connectivity index (χ1) is 14.4. The van der Waals surface area contributed by atoms with Crippen LogP contribution in [0.5, 0.6) is 5.75 Å². The summed E-state index contributed by atoms with van der Waals surface area (Å²) in [5.41, 5.74) is -8.20. The third-order valence-electron chi connectivity index (χ3n) is 3.76. The molecule has 1 amide bonds. The van der Waals surface area contributed by atoms with Gasteiger partial charge in [-0.1, -0.05) is 18.2 Å². The Balaban J connectivity index is 2.43. The number of alkyl halides is 6. The number of carbonyl (C=O) groups is 2. The van der Waals surface area contributed by atoms with Crippen LogP contribution in [0.4, 0.5) is 27.6 Å². The minimum atomic E-state index is -5.36. The summed E-state index contributed by atoms with van der Waals surface area (Å²) < 4.78 is 76.3. The molecule has 31 heavy (non-hydrogen) atoms. The first kappa shape index (κ1) is 24.2. The highest BCUT2D eigenvalue weighted by atomic mass is 35.5. The molecular weight excluding hydrogens is 451 g/mol. The molecule has 0 fully saturated rings. The van der Waals surface area contributed by atoms with Gasteiger partial charge >= 0.3 is 23.4 Å². The van der Waals surface area contributed by atoms with Gasteiger partial charge in [-0.25, -0.2) is 4.79 Å². The van der Waals surface area contributed by atoms with Gasteiger partial charge in [0.1, 0.15) is 5.75 Å². The van der Waals surface area contributed by atoms with Crippen molar-refractivity contribution in [2.75, 3.05) is 11.9 Å². The third kappa shape index (κ3) is 6.20. The molecule has 168 valence electrons. The fraction of sp³-hybridized carbons (Fsp3) is 0.263. The molecule has 0 bridgehead atoms. The van der Waals surface area contributed by atoms with E-state index in [0.717, 1.165) is 24.3 Å². The van der Waals surface area contributed by atoms with Crippen LogP contribution in [0.3, 0.4) is 0 Å². The second kappa shape index (κ2) is 9.38. The van der Waals surface area contributed by atoms with Crippen LogP contribution in [0.15, 0.2) is 54.6 Å². The predicted molar refractivity (Wildman–Crippen MR) is 101 cm³/mol. The van der Waals surface area contributed by atoms with Crippen LogP contribution < -0.4 is 15.4 Å². The number of amides is 1. The maximum Gasteiger partial charge on any atom is 0.487 e.